The van der Waals surface area contributed by atoms with E-state index >= 15 is 0 Å². The van der Waals surface area contributed by atoms with Crippen molar-refractivity contribution in [2.24, 2.45) is 0 Å². The van der Waals surface area contributed by atoms with Crippen LogP contribution >= 0.6 is 0 Å². The lowest BCUT2D eigenvalue weighted by Crippen LogP contribution is -2.09. The molecule has 1 aromatic rings. The normalized spacial score (nSPS) is 12.4. The van der Waals surface area contributed by atoms with Gasteiger partial charge in [0.15, 0.2) is 0 Å². The van der Waals surface area contributed by atoms with Crippen molar-refractivity contribution in [3.8, 4) is 0 Å². The molecule has 2 N–H and O–H groups in total. The summed E-state index contributed by atoms with van der Waals surface area (Å²) >= 11 is 0. The van der Waals surface area contributed by atoms with E-state index in [1.807, 2.05) is 0 Å². The Hall–Kier alpha value is -1.53. The molecule has 1 aromatic carbocycles. The maximum Gasteiger partial charge on any atom is 0.273 e. The molecule has 0 fully saturated rings. The van der Waals surface area contributed by atoms with Gasteiger partial charge in [-0.25, -0.2) is 4.39 Å². The highest BCUT2D eigenvalue weighted by Gasteiger charge is 2.21. The van der Waals surface area contributed by atoms with E-state index in [0.717, 1.165) is 18.2 Å². The summed E-state index contributed by atoms with van der Waals surface area (Å²) in [5, 5.41) is 28.5. The van der Waals surface area contributed by atoms with Crippen molar-refractivity contribution in [2.45, 2.75) is 12.3 Å². The number of hydrogen-bond donors (Lipinski definition) is 2. The molecular weight excluding hydrogens is 217 g/mol. The standard InChI is InChI=1S/C10H12FNO4/c11-8-1-2-10(12(15)16)9(5-8)7(6-14)3-4-13/h1-2,5,7,13-14H,3-4,6H2. The molecular formula is C10H12FNO4. The second kappa shape index (κ2) is 5.53. The van der Waals surface area contributed by atoms with Crippen LogP contribution in [0.5, 0.6) is 0 Å². The zero-order valence-corrected chi connectivity index (χ0v) is 8.47. The highest BCUT2D eigenvalue weighted by atomic mass is 19.1. The Kier molecular flexibility index (Phi) is 4.33. The number of aliphatic hydroxyl groups excluding tert-OH is 2. The van der Waals surface area contributed by atoms with E-state index in [-0.39, 0.29) is 30.9 Å². The van der Waals surface area contributed by atoms with Gasteiger partial charge in [-0.05, 0) is 18.6 Å². The summed E-state index contributed by atoms with van der Waals surface area (Å²) < 4.78 is 13.0. The van der Waals surface area contributed by atoms with E-state index in [9.17, 15) is 14.5 Å². The van der Waals surface area contributed by atoms with Crippen LogP contribution in [-0.4, -0.2) is 28.4 Å². The number of nitro groups is 1. The molecule has 1 rings (SSSR count). The first-order chi connectivity index (χ1) is 7.60. The quantitative estimate of drug-likeness (QED) is 0.586. The highest BCUT2D eigenvalue weighted by molar-refractivity contribution is 5.42. The Morgan fingerprint density at radius 1 is 1.44 bits per heavy atom. The Labute approximate surface area is 91.3 Å². The Morgan fingerprint density at radius 3 is 2.62 bits per heavy atom. The Morgan fingerprint density at radius 2 is 2.12 bits per heavy atom. The van der Waals surface area contributed by atoms with Crippen LogP contribution in [0.25, 0.3) is 0 Å². The van der Waals surface area contributed by atoms with Crippen molar-refractivity contribution >= 4 is 5.69 Å². The fourth-order valence-electron chi connectivity index (χ4n) is 1.52. The lowest BCUT2D eigenvalue weighted by atomic mass is 9.95. The summed E-state index contributed by atoms with van der Waals surface area (Å²) in [5.41, 5.74) is -0.129. The SMILES string of the molecule is O=[N+]([O-])c1ccc(F)cc1C(CO)CCO. The largest absolute Gasteiger partial charge is 0.396 e. The molecule has 88 valence electrons. The monoisotopic (exact) mass is 229 g/mol. The van der Waals surface area contributed by atoms with Gasteiger partial charge in [0.1, 0.15) is 5.82 Å². The second-order valence-electron chi connectivity index (χ2n) is 3.35. The van der Waals surface area contributed by atoms with Crippen LogP contribution in [0.2, 0.25) is 0 Å². The fourth-order valence-corrected chi connectivity index (χ4v) is 1.52. The number of aliphatic hydroxyl groups is 2. The Balaban J connectivity index is 3.16. The number of hydrogen-bond acceptors (Lipinski definition) is 4. The summed E-state index contributed by atoms with van der Waals surface area (Å²) in [4.78, 5) is 10.1. The molecule has 0 aliphatic heterocycles. The minimum absolute atomic E-state index is 0.113. The van der Waals surface area contributed by atoms with E-state index in [1.165, 1.54) is 0 Å². The van der Waals surface area contributed by atoms with Crippen molar-refractivity contribution in [2.75, 3.05) is 13.2 Å². The van der Waals surface area contributed by atoms with E-state index in [4.69, 9.17) is 10.2 Å². The third-order valence-corrected chi connectivity index (χ3v) is 2.32. The average molecular weight is 229 g/mol. The van der Waals surface area contributed by atoms with E-state index < -0.39 is 16.7 Å². The predicted octanol–water partition coefficient (Wildman–Crippen LogP) is 1.19. The van der Waals surface area contributed by atoms with Crippen LogP contribution in [-0.2, 0) is 0 Å². The van der Waals surface area contributed by atoms with Gasteiger partial charge in [-0.3, -0.25) is 10.1 Å². The maximum atomic E-state index is 13.0. The van der Waals surface area contributed by atoms with Gasteiger partial charge in [0.25, 0.3) is 5.69 Å². The zero-order valence-electron chi connectivity index (χ0n) is 8.47. The van der Waals surface area contributed by atoms with Gasteiger partial charge < -0.3 is 10.2 Å². The molecule has 5 nitrogen and oxygen atoms in total. The molecule has 0 spiro atoms. The number of halogens is 1. The maximum absolute atomic E-state index is 13.0. The first-order valence-electron chi connectivity index (χ1n) is 4.75. The van der Waals surface area contributed by atoms with Crippen LogP contribution in [0.3, 0.4) is 0 Å². The molecule has 16 heavy (non-hydrogen) atoms. The average Bonchev–Trinajstić information content (AvgIpc) is 2.25. The lowest BCUT2D eigenvalue weighted by Gasteiger charge is -2.13. The summed E-state index contributed by atoms with van der Waals surface area (Å²) in [5.74, 6) is -1.22. The van der Waals surface area contributed by atoms with Crippen LogP contribution in [0.1, 0.15) is 17.9 Å². The van der Waals surface area contributed by atoms with Gasteiger partial charge in [0.2, 0.25) is 0 Å². The van der Waals surface area contributed by atoms with Gasteiger partial charge in [-0.15, -0.1) is 0 Å². The molecule has 0 bridgehead atoms. The highest BCUT2D eigenvalue weighted by Crippen LogP contribution is 2.29. The number of nitro benzene ring substituents is 1. The number of benzene rings is 1. The van der Waals surface area contributed by atoms with Crippen molar-refractivity contribution in [3.63, 3.8) is 0 Å². The topological polar surface area (TPSA) is 83.6 Å². The Bertz CT molecular complexity index is 383. The lowest BCUT2D eigenvalue weighted by molar-refractivity contribution is -0.385. The summed E-state index contributed by atoms with van der Waals surface area (Å²) in [6, 6.07) is 3.08. The third-order valence-electron chi connectivity index (χ3n) is 2.32. The molecule has 0 amide bonds. The van der Waals surface area contributed by atoms with Gasteiger partial charge in [-0.2, -0.15) is 0 Å². The number of rotatable bonds is 5. The van der Waals surface area contributed by atoms with Crippen LogP contribution in [0.4, 0.5) is 10.1 Å². The molecule has 0 aliphatic carbocycles. The van der Waals surface area contributed by atoms with Gasteiger partial charge in [0, 0.05) is 24.2 Å². The zero-order chi connectivity index (χ0) is 12.1. The predicted molar refractivity (Wildman–Crippen MR) is 54.6 cm³/mol. The first-order valence-corrected chi connectivity index (χ1v) is 4.75. The van der Waals surface area contributed by atoms with E-state index in [2.05, 4.69) is 0 Å². The van der Waals surface area contributed by atoms with Crippen LogP contribution in [0, 0.1) is 15.9 Å². The summed E-state index contributed by atoms with van der Waals surface area (Å²) in [6.07, 6.45) is 0.154. The molecule has 0 saturated carbocycles. The van der Waals surface area contributed by atoms with Crippen molar-refractivity contribution in [1.29, 1.82) is 0 Å². The first kappa shape index (κ1) is 12.5. The van der Waals surface area contributed by atoms with E-state index in [0.29, 0.717) is 0 Å². The van der Waals surface area contributed by atoms with Crippen molar-refractivity contribution in [3.05, 3.63) is 39.7 Å². The van der Waals surface area contributed by atoms with Gasteiger partial charge >= 0.3 is 0 Å². The molecule has 0 heterocycles. The summed E-state index contributed by atoms with van der Waals surface area (Å²) in [7, 11) is 0. The smallest absolute Gasteiger partial charge is 0.273 e. The molecule has 0 aromatic heterocycles. The third kappa shape index (κ3) is 2.74. The second-order valence-corrected chi connectivity index (χ2v) is 3.35. The van der Waals surface area contributed by atoms with Crippen LogP contribution < -0.4 is 0 Å². The summed E-state index contributed by atoms with van der Waals surface area (Å²) in [6.45, 7) is -0.594. The molecule has 0 aliphatic rings. The van der Waals surface area contributed by atoms with E-state index in [1.54, 1.807) is 0 Å². The van der Waals surface area contributed by atoms with Gasteiger partial charge in [-0.1, -0.05) is 0 Å². The minimum Gasteiger partial charge on any atom is -0.396 e. The molecule has 0 radical (unpaired) electrons. The number of nitrogens with zero attached hydrogens (tertiary/aromatic N) is 1. The fraction of sp³-hybridized carbons (Fsp3) is 0.400. The minimum atomic E-state index is -0.630. The van der Waals surface area contributed by atoms with Crippen molar-refractivity contribution in [1.82, 2.24) is 0 Å². The molecule has 1 atom stereocenters. The molecule has 6 heteroatoms. The van der Waals surface area contributed by atoms with Crippen molar-refractivity contribution < 1.29 is 19.5 Å². The van der Waals surface area contributed by atoms with Gasteiger partial charge in [0.05, 0.1) is 11.5 Å². The van der Waals surface area contributed by atoms with Crippen LogP contribution in [0.15, 0.2) is 18.2 Å². The molecule has 0 saturated heterocycles. The molecule has 1 unspecified atom stereocenters.